The van der Waals surface area contributed by atoms with Gasteiger partial charge in [0, 0.05) is 31.5 Å². The molecule has 0 saturated carbocycles. The molecule has 0 aliphatic carbocycles. The van der Waals surface area contributed by atoms with Gasteiger partial charge in [0.05, 0.1) is 24.1 Å². The maximum Gasteiger partial charge on any atom is 0.305 e. The number of H-pyrrole nitrogens is 1. The molecule has 1 atom stereocenters. The van der Waals surface area contributed by atoms with Gasteiger partial charge in [-0.1, -0.05) is 23.5 Å². The molecule has 0 radical (unpaired) electrons. The van der Waals surface area contributed by atoms with E-state index in [2.05, 4.69) is 25.5 Å². The molecule has 3 heterocycles. The van der Waals surface area contributed by atoms with E-state index in [1.807, 2.05) is 42.5 Å². The Morgan fingerprint density at radius 1 is 1.24 bits per heavy atom. The van der Waals surface area contributed by atoms with Gasteiger partial charge in [-0.3, -0.25) is 9.59 Å². The second-order valence-electron chi connectivity index (χ2n) is 7.93. The van der Waals surface area contributed by atoms with Gasteiger partial charge in [-0.2, -0.15) is 0 Å². The van der Waals surface area contributed by atoms with Crippen LogP contribution in [0.3, 0.4) is 0 Å². The molecule has 1 aliphatic heterocycles. The van der Waals surface area contributed by atoms with Gasteiger partial charge < -0.3 is 25.0 Å². The molecule has 2 aromatic heterocycles. The Bertz CT molecular complexity index is 1330. The third kappa shape index (κ3) is 4.35. The third-order valence-corrected chi connectivity index (χ3v) is 6.59. The number of nitrogens with one attached hydrogen (secondary N) is 2. The van der Waals surface area contributed by atoms with Crippen LogP contribution in [0.1, 0.15) is 12.0 Å². The Kier molecular flexibility index (Phi) is 5.95. The van der Waals surface area contributed by atoms with Crippen LogP contribution in [0.15, 0.2) is 42.5 Å². The fourth-order valence-electron chi connectivity index (χ4n) is 3.95. The molecule has 0 bridgehead atoms. The smallest absolute Gasteiger partial charge is 0.305 e. The highest BCUT2D eigenvalue weighted by Crippen LogP contribution is 2.33. The Labute approximate surface area is 198 Å². The number of carboxylic acid groups (broad SMARTS) is 1. The van der Waals surface area contributed by atoms with Gasteiger partial charge >= 0.3 is 5.97 Å². The summed E-state index contributed by atoms with van der Waals surface area (Å²) in [7, 11) is 1.57. The number of carbonyl (C=O) groups is 2. The predicted octanol–water partition coefficient (Wildman–Crippen LogP) is 2.99. The summed E-state index contributed by atoms with van der Waals surface area (Å²) >= 11 is 1.42. The number of benzene rings is 2. The van der Waals surface area contributed by atoms with Crippen molar-refractivity contribution in [1.29, 1.82) is 0 Å². The molecule has 2 aromatic carbocycles. The lowest BCUT2D eigenvalue weighted by molar-refractivity contribution is -0.141. The van der Waals surface area contributed by atoms with E-state index in [4.69, 9.17) is 4.74 Å². The number of hydrogen-bond acceptors (Lipinski definition) is 8. The zero-order valence-electron chi connectivity index (χ0n) is 18.3. The zero-order chi connectivity index (χ0) is 23.7. The van der Waals surface area contributed by atoms with Crippen LogP contribution >= 0.6 is 11.3 Å². The van der Waals surface area contributed by atoms with Crippen LogP contribution in [-0.4, -0.2) is 68.4 Å². The lowest BCUT2D eigenvalue weighted by atomic mass is 10.1. The molecule has 3 N–H and O–H groups in total. The Morgan fingerprint density at radius 2 is 2.06 bits per heavy atom. The molecule has 34 heavy (non-hydrogen) atoms. The molecule has 0 fully saturated rings. The van der Waals surface area contributed by atoms with E-state index in [1.54, 1.807) is 12.0 Å². The summed E-state index contributed by atoms with van der Waals surface area (Å²) < 4.78 is 5.14. The summed E-state index contributed by atoms with van der Waals surface area (Å²) in [5, 5.41) is 22.4. The van der Waals surface area contributed by atoms with Crippen LogP contribution in [0.4, 0.5) is 5.69 Å². The number of aromatic nitrogens is 4. The van der Waals surface area contributed by atoms with E-state index in [0.29, 0.717) is 30.5 Å². The molecule has 1 amide bonds. The first-order valence-corrected chi connectivity index (χ1v) is 11.5. The zero-order valence-corrected chi connectivity index (χ0v) is 19.1. The number of aliphatic carboxylic acids is 1. The molecule has 0 spiro atoms. The van der Waals surface area contributed by atoms with Crippen LogP contribution < -0.4 is 5.32 Å². The topological polar surface area (TPSA) is 133 Å². The molecule has 5 rings (SSSR count). The Hall–Kier alpha value is -3.83. The summed E-state index contributed by atoms with van der Waals surface area (Å²) in [6, 6.07) is 12.6. The second kappa shape index (κ2) is 9.20. The van der Waals surface area contributed by atoms with Gasteiger partial charge in [0.25, 0.3) is 0 Å². The first kappa shape index (κ1) is 22.0. The number of ether oxygens (including phenoxy) is 1. The number of fused-ring (bicyclic) bond motifs is 2. The van der Waals surface area contributed by atoms with E-state index < -0.39 is 12.0 Å². The number of carbonyl (C=O) groups excluding carboxylic acids is 1. The highest BCUT2D eigenvalue weighted by atomic mass is 32.1. The van der Waals surface area contributed by atoms with E-state index >= 15 is 0 Å². The molecule has 4 aromatic rings. The molecular weight excluding hydrogens is 456 g/mol. The molecule has 1 aliphatic rings. The first-order valence-electron chi connectivity index (χ1n) is 10.7. The molecule has 0 saturated heterocycles. The first-order chi connectivity index (χ1) is 16.5. The number of imidazole rings is 1. The summed E-state index contributed by atoms with van der Waals surface area (Å²) in [5.74, 6) is -0.640. The average molecular weight is 479 g/mol. The Balaban J connectivity index is 1.45. The highest BCUT2D eigenvalue weighted by Gasteiger charge is 2.31. The molecular formula is C23H22N6O4S. The molecule has 11 heteroatoms. The van der Waals surface area contributed by atoms with Gasteiger partial charge in [0.2, 0.25) is 5.91 Å². The average Bonchev–Trinajstić information content (AvgIpc) is 3.46. The number of carboxylic acids is 1. The van der Waals surface area contributed by atoms with E-state index in [9.17, 15) is 14.7 Å². The number of aromatic amines is 1. The minimum atomic E-state index is -1.04. The molecule has 10 nitrogen and oxygen atoms in total. The molecule has 1 unspecified atom stereocenters. The highest BCUT2D eigenvalue weighted by molar-refractivity contribution is 7.17. The van der Waals surface area contributed by atoms with Crippen molar-refractivity contribution >= 4 is 39.9 Å². The van der Waals surface area contributed by atoms with Gasteiger partial charge in [-0.05, 0) is 35.9 Å². The number of methoxy groups -OCH3 is 1. The number of para-hydroxylation sites is 2. The number of amides is 1. The van der Waals surface area contributed by atoms with Crippen molar-refractivity contribution in [1.82, 2.24) is 25.1 Å². The summed E-state index contributed by atoms with van der Waals surface area (Å²) in [4.78, 5) is 33.8. The number of rotatable bonds is 7. The Morgan fingerprint density at radius 3 is 2.85 bits per heavy atom. The van der Waals surface area contributed by atoms with Gasteiger partial charge in [-0.25, -0.2) is 4.98 Å². The van der Waals surface area contributed by atoms with Crippen LogP contribution in [0.25, 0.3) is 32.4 Å². The van der Waals surface area contributed by atoms with Crippen molar-refractivity contribution in [3.8, 4) is 21.4 Å². The fourth-order valence-corrected chi connectivity index (χ4v) is 4.73. The predicted molar refractivity (Wildman–Crippen MR) is 127 cm³/mol. The lowest BCUT2D eigenvalue weighted by Crippen LogP contribution is -2.42. The van der Waals surface area contributed by atoms with E-state index in [1.165, 1.54) is 11.3 Å². The van der Waals surface area contributed by atoms with E-state index in [0.717, 1.165) is 32.9 Å². The second-order valence-corrected chi connectivity index (χ2v) is 8.91. The minimum Gasteiger partial charge on any atom is -0.481 e. The maximum absolute atomic E-state index is 13.0. The van der Waals surface area contributed by atoms with Gasteiger partial charge in [-0.15, -0.1) is 10.2 Å². The minimum absolute atomic E-state index is 0.264. The number of anilines is 1. The standard InChI is InChI=1S/C23H22N6O4S/c1-33-9-8-29-12-14-10-13(6-7-15(14)24-18(23(29)32)11-19(30)31)21-27-28-22(34-21)20-25-16-4-2-3-5-17(16)26-20/h2-7,10,18,24H,8-9,11-12H2,1H3,(H,25,26)(H,30,31). The van der Waals surface area contributed by atoms with Crippen molar-refractivity contribution in [2.24, 2.45) is 0 Å². The maximum atomic E-state index is 13.0. The third-order valence-electron chi connectivity index (χ3n) is 5.61. The lowest BCUT2D eigenvalue weighted by Gasteiger charge is -2.23. The normalized spacial score (nSPS) is 15.7. The monoisotopic (exact) mass is 478 g/mol. The van der Waals surface area contributed by atoms with Gasteiger partial charge in [0.1, 0.15) is 11.0 Å². The number of hydrogen-bond donors (Lipinski definition) is 3. The van der Waals surface area contributed by atoms with Crippen LogP contribution in [0.5, 0.6) is 0 Å². The fraction of sp³-hybridized carbons (Fsp3) is 0.261. The summed E-state index contributed by atoms with van der Waals surface area (Å²) in [5.41, 5.74) is 4.25. The van der Waals surface area contributed by atoms with Crippen molar-refractivity contribution in [2.75, 3.05) is 25.6 Å². The summed E-state index contributed by atoms with van der Waals surface area (Å²) in [6.07, 6.45) is -0.305. The quantitative estimate of drug-likeness (QED) is 0.369. The number of nitrogens with zero attached hydrogens (tertiary/aromatic N) is 4. The van der Waals surface area contributed by atoms with Crippen molar-refractivity contribution in [2.45, 2.75) is 19.0 Å². The molecule has 174 valence electrons. The SMILES string of the molecule is COCCN1Cc2cc(-c3nnc(-c4nc5ccccc5[nH]4)s3)ccc2NC(CC(=O)O)C1=O. The summed E-state index contributed by atoms with van der Waals surface area (Å²) in [6.45, 7) is 1.06. The van der Waals surface area contributed by atoms with Gasteiger partial charge in [0.15, 0.2) is 10.8 Å². The van der Waals surface area contributed by atoms with Crippen molar-refractivity contribution < 1.29 is 19.4 Å². The van der Waals surface area contributed by atoms with E-state index in [-0.39, 0.29) is 12.3 Å². The van der Waals surface area contributed by atoms with Crippen LogP contribution in [0, 0.1) is 0 Å². The van der Waals surface area contributed by atoms with Crippen LogP contribution in [-0.2, 0) is 20.9 Å². The largest absolute Gasteiger partial charge is 0.481 e. The van der Waals surface area contributed by atoms with Crippen LogP contribution in [0.2, 0.25) is 0 Å². The van der Waals surface area contributed by atoms with Crippen molar-refractivity contribution in [3.05, 3.63) is 48.0 Å². The van der Waals surface area contributed by atoms with Crippen molar-refractivity contribution in [3.63, 3.8) is 0 Å².